The molecule has 32 heavy (non-hydrogen) atoms. The van der Waals surface area contributed by atoms with Gasteiger partial charge in [-0.25, -0.2) is 4.79 Å². The van der Waals surface area contributed by atoms with Crippen LogP contribution in [0.3, 0.4) is 0 Å². The molecule has 0 aromatic heterocycles. The van der Waals surface area contributed by atoms with Crippen molar-refractivity contribution < 1.29 is 28.6 Å². The molecule has 0 bridgehead atoms. The van der Waals surface area contributed by atoms with E-state index in [9.17, 15) is 14.4 Å². The van der Waals surface area contributed by atoms with E-state index < -0.39 is 24.0 Å². The Morgan fingerprint density at radius 1 is 0.938 bits per heavy atom. The monoisotopic (exact) mass is 440 g/mol. The third-order valence-electron chi connectivity index (χ3n) is 4.99. The molecule has 8 nitrogen and oxygen atoms in total. The Kier molecular flexibility index (Phi) is 7.35. The van der Waals surface area contributed by atoms with E-state index in [0.29, 0.717) is 36.0 Å². The summed E-state index contributed by atoms with van der Waals surface area (Å²) >= 11 is 0. The summed E-state index contributed by atoms with van der Waals surface area (Å²) in [5.41, 5.74) is 1.97. The normalized spacial score (nSPS) is 14.3. The van der Waals surface area contributed by atoms with Crippen LogP contribution in [0.5, 0.6) is 11.5 Å². The molecule has 170 valence electrons. The molecule has 0 radical (unpaired) electrons. The minimum Gasteiger partial charge on any atom is -0.486 e. The van der Waals surface area contributed by atoms with Gasteiger partial charge in [0.1, 0.15) is 19.3 Å². The van der Waals surface area contributed by atoms with Gasteiger partial charge in [-0.15, -0.1) is 0 Å². The first-order valence-corrected chi connectivity index (χ1v) is 10.5. The van der Waals surface area contributed by atoms with Crippen LogP contribution in [0.4, 0.5) is 5.69 Å². The van der Waals surface area contributed by atoms with E-state index in [-0.39, 0.29) is 11.8 Å². The van der Waals surface area contributed by atoms with Gasteiger partial charge < -0.3 is 24.8 Å². The van der Waals surface area contributed by atoms with Gasteiger partial charge in [-0.2, -0.15) is 0 Å². The summed E-state index contributed by atoms with van der Waals surface area (Å²) in [6.45, 7) is 7.90. The molecule has 2 aromatic rings. The summed E-state index contributed by atoms with van der Waals surface area (Å²) in [6, 6.07) is 11.2. The van der Waals surface area contributed by atoms with Crippen LogP contribution in [0.15, 0.2) is 42.5 Å². The lowest BCUT2D eigenvalue weighted by molar-refractivity contribution is -0.156. The number of benzene rings is 2. The number of hydrogen-bond acceptors (Lipinski definition) is 6. The number of carbonyl (C=O) groups is 3. The highest BCUT2D eigenvalue weighted by atomic mass is 16.6. The Balaban J connectivity index is 1.59. The van der Waals surface area contributed by atoms with Crippen LogP contribution in [0.1, 0.15) is 36.7 Å². The molecular weight excluding hydrogens is 412 g/mol. The summed E-state index contributed by atoms with van der Waals surface area (Å²) in [5.74, 6) is -0.637. The highest BCUT2D eigenvalue weighted by molar-refractivity contribution is 5.98. The van der Waals surface area contributed by atoms with E-state index in [4.69, 9.17) is 14.2 Å². The van der Waals surface area contributed by atoms with Crippen molar-refractivity contribution in [2.45, 2.75) is 39.8 Å². The summed E-state index contributed by atoms with van der Waals surface area (Å²) in [6.07, 6.45) is -1.06. The smallest absolute Gasteiger partial charge is 0.329 e. The summed E-state index contributed by atoms with van der Waals surface area (Å²) in [7, 11) is 0. The number of fused-ring (bicyclic) bond motifs is 1. The molecule has 2 N–H and O–H groups in total. The van der Waals surface area contributed by atoms with E-state index in [1.807, 2.05) is 19.1 Å². The number of hydrogen-bond donors (Lipinski definition) is 2. The average molecular weight is 440 g/mol. The first-order valence-electron chi connectivity index (χ1n) is 10.5. The molecule has 0 aliphatic carbocycles. The zero-order valence-corrected chi connectivity index (χ0v) is 18.6. The standard InChI is InChI=1S/C24H28N2O6/c1-14(2)21(26-23(28)17-7-5-15(3)6-8-17)24(29)32-16(4)22(27)25-18-9-10-19-20(13-18)31-12-11-30-19/h5-10,13-14,16,21H,11-12H2,1-4H3,(H,25,27)(H,26,28)/t16-,21-/m1/s1. The first-order chi connectivity index (χ1) is 15.2. The van der Waals surface area contributed by atoms with E-state index in [0.717, 1.165) is 5.56 Å². The fourth-order valence-corrected chi connectivity index (χ4v) is 3.09. The summed E-state index contributed by atoms with van der Waals surface area (Å²) in [4.78, 5) is 37.8. The second-order valence-corrected chi connectivity index (χ2v) is 7.99. The fraction of sp³-hybridized carbons (Fsp3) is 0.375. The van der Waals surface area contributed by atoms with Crippen molar-refractivity contribution in [1.29, 1.82) is 0 Å². The van der Waals surface area contributed by atoms with Crippen LogP contribution in [0.25, 0.3) is 0 Å². The van der Waals surface area contributed by atoms with Crippen LogP contribution in [-0.4, -0.2) is 43.1 Å². The Hall–Kier alpha value is -3.55. The zero-order valence-electron chi connectivity index (χ0n) is 18.6. The van der Waals surface area contributed by atoms with E-state index >= 15 is 0 Å². The number of esters is 1. The van der Waals surface area contributed by atoms with Gasteiger partial charge in [0.25, 0.3) is 11.8 Å². The van der Waals surface area contributed by atoms with Gasteiger partial charge in [-0.3, -0.25) is 9.59 Å². The van der Waals surface area contributed by atoms with Crippen molar-refractivity contribution in [2.24, 2.45) is 5.92 Å². The van der Waals surface area contributed by atoms with Crippen LogP contribution in [0.2, 0.25) is 0 Å². The van der Waals surface area contributed by atoms with Crippen molar-refractivity contribution in [3.05, 3.63) is 53.6 Å². The lowest BCUT2D eigenvalue weighted by Crippen LogP contribution is -2.47. The van der Waals surface area contributed by atoms with Gasteiger partial charge in [0.05, 0.1) is 0 Å². The zero-order chi connectivity index (χ0) is 23.3. The van der Waals surface area contributed by atoms with Gasteiger partial charge in [0, 0.05) is 17.3 Å². The van der Waals surface area contributed by atoms with Gasteiger partial charge in [0.15, 0.2) is 17.6 Å². The van der Waals surface area contributed by atoms with Crippen LogP contribution in [0, 0.1) is 12.8 Å². The second-order valence-electron chi connectivity index (χ2n) is 7.99. The van der Waals surface area contributed by atoms with Gasteiger partial charge in [-0.1, -0.05) is 31.5 Å². The third-order valence-corrected chi connectivity index (χ3v) is 4.99. The molecule has 0 unspecified atom stereocenters. The van der Waals surface area contributed by atoms with E-state index in [1.165, 1.54) is 6.92 Å². The molecule has 1 aliphatic rings. The number of aryl methyl sites for hydroxylation is 1. The predicted molar refractivity (Wildman–Crippen MR) is 119 cm³/mol. The maximum atomic E-state index is 12.7. The molecule has 0 spiro atoms. The second kappa shape index (κ2) is 10.2. The molecule has 8 heteroatoms. The number of carbonyl (C=O) groups excluding carboxylic acids is 3. The Bertz CT molecular complexity index is 986. The molecule has 0 saturated heterocycles. The number of amides is 2. The maximum absolute atomic E-state index is 12.7. The quantitative estimate of drug-likeness (QED) is 0.642. The summed E-state index contributed by atoms with van der Waals surface area (Å²) in [5, 5.41) is 5.40. The third kappa shape index (κ3) is 5.78. The molecular formula is C24H28N2O6. The molecule has 2 aromatic carbocycles. The Morgan fingerprint density at radius 3 is 2.25 bits per heavy atom. The molecule has 3 rings (SSSR count). The number of ether oxygens (including phenoxy) is 3. The van der Waals surface area contributed by atoms with Crippen molar-refractivity contribution in [1.82, 2.24) is 5.32 Å². The highest BCUT2D eigenvalue weighted by Crippen LogP contribution is 2.32. The number of rotatable bonds is 7. The lowest BCUT2D eigenvalue weighted by atomic mass is 10.0. The minimum atomic E-state index is -1.06. The molecule has 1 heterocycles. The van der Waals surface area contributed by atoms with Crippen LogP contribution < -0.4 is 20.1 Å². The van der Waals surface area contributed by atoms with Gasteiger partial charge >= 0.3 is 5.97 Å². The molecule has 2 atom stereocenters. The maximum Gasteiger partial charge on any atom is 0.329 e. The fourth-order valence-electron chi connectivity index (χ4n) is 3.09. The SMILES string of the molecule is Cc1ccc(C(=O)N[C@@H](C(=O)O[C@H](C)C(=O)Nc2ccc3c(c2)OCCO3)C(C)C)cc1. The van der Waals surface area contributed by atoms with E-state index in [2.05, 4.69) is 10.6 Å². The van der Waals surface area contributed by atoms with Crippen LogP contribution in [-0.2, 0) is 14.3 Å². The van der Waals surface area contributed by atoms with Gasteiger partial charge in [0.2, 0.25) is 0 Å². The van der Waals surface area contributed by atoms with Crippen molar-refractivity contribution in [3.8, 4) is 11.5 Å². The van der Waals surface area contributed by atoms with Crippen LogP contribution >= 0.6 is 0 Å². The van der Waals surface area contributed by atoms with Crippen molar-refractivity contribution >= 4 is 23.5 Å². The number of nitrogens with one attached hydrogen (secondary N) is 2. The predicted octanol–water partition coefficient (Wildman–Crippen LogP) is 3.09. The highest BCUT2D eigenvalue weighted by Gasteiger charge is 2.29. The van der Waals surface area contributed by atoms with Gasteiger partial charge in [-0.05, 0) is 44.0 Å². The Labute approximate surface area is 187 Å². The van der Waals surface area contributed by atoms with Crippen molar-refractivity contribution in [3.63, 3.8) is 0 Å². The lowest BCUT2D eigenvalue weighted by Gasteiger charge is -2.23. The van der Waals surface area contributed by atoms with Crippen molar-refractivity contribution in [2.75, 3.05) is 18.5 Å². The molecule has 1 aliphatic heterocycles. The molecule has 2 amide bonds. The first kappa shape index (κ1) is 23.1. The average Bonchev–Trinajstić information content (AvgIpc) is 2.77. The Morgan fingerprint density at radius 2 is 1.59 bits per heavy atom. The summed E-state index contributed by atoms with van der Waals surface area (Å²) < 4.78 is 16.3. The largest absolute Gasteiger partial charge is 0.486 e. The van der Waals surface area contributed by atoms with E-state index in [1.54, 1.807) is 44.2 Å². The molecule has 0 fully saturated rings. The minimum absolute atomic E-state index is 0.232. The number of anilines is 1. The topological polar surface area (TPSA) is 103 Å². The molecule has 0 saturated carbocycles.